The van der Waals surface area contributed by atoms with Gasteiger partial charge in [0.2, 0.25) is 0 Å². The molecule has 0 aromatic carbocycles. The van der Waals surface area contributed by atoms with Crippen LogP contribution in [0.3, 0.4) is 0 Å². The molecule has 0 bridgehead atoms. The van der Waals surface area contributed by atoms with Gasteiger partial charge in [0, 0.05) is 27.3 Å². The van der Waals surface area contributed by atoms with Gasteiger partial charge in [-0.1, -0.05) is 13.8 Å². The van der Waals surface area contributed by atoms with Crippen LogP contribution in [0.4, 0.5) is 5.82 Å². The van der Waals surface area contributed by atoms with Gasteiger partial charge in [-0.3, -0.25) is 0 Å². The van der Waals surface area contributed by atoms with Crippen molar-refractivity contribution in [1.29, 1.82) is 0 Å². The maximum atomic E-state index is 5.27. The molecule has 0 unspecified atom stereocenters. The zero-order valence-electron chi connectivity index (χ0n) is 14.8. The summed E-state index contributed by atoms with van der Waals surface area (Å²) in [4.78, 5) is 12.7. The van der Waals surface area contributed by atoms with Crippen molar-refractivity contribution in [1.82, 2.24) is 9.97 Å². The number of aryl methyl sites for hydroxylation is 1. The number of anilines is 1. The van der Waals surface area contributed by atoms with E-state index in [2.05, 4.69) is 29.1 Å². The minimum absolute atomic E-state index is 0.605. The van der Waals surface area contributed by atoms with Gasteiger partial charge >= 0.3 is 0 Å². The van der Waals surface area contributed by atoms with Gasteiger partial charge in [0.1, 0.15) is 16.5 Å². The number of hydrogen-bond acceptors (Lipinski definition) is 6. The highest BCUT2D eigenvalue weighted by molar-refractivity contribution is 7.17. The van der Waals surface area contributed by atoms with E-state index in [4.69, 9.17) is 14.5 Å². The van der Waals surface area contributed by atoms with Crippen molar-refractivity contribution in [2.75, 3.05) is 45.4 Å². The zero-order chi connectivity index (χ0) is 16.8. The Morgan fingerprint density at radius 2 is 1.78 bits per heavy atom. The lowest BCUT2D eigenvalue weighted by Crippen LogP contribution is -2.31. The Hall–Kier alpha value is -1.24. The van der Waals surface area contributed by atoms with E-state index in [1.807, 2.05) is 6.92 Å². The van der Waals surface area contributed by atoms with E-state index in [9.17, 15) is 0 Å². The average molecular weight is 337 g/mol. The minimum atomic E-state index is 0.605. The first-order chi connectivity index (χ1) is 11.1. The summed E-state index contributed by atoms with van der Waals surface area (Å²) in [5, 5.41) is 3.43. The van der Waals surface area contributed by atoms with Crippen molar-refractivity contribution in [2.45, 2.75) is 27.2 Å². The number of ether oxygens (including phenoxy) is 2. The van der Waals surface area contributed by atoms with Gasteiger partial charge < -0.3 is 14.4 Å². The van der Waals surface area contributed by atoms with Crippen LogP contribution in [0.25, 0.3) is 10.2 Å². The molecule has 23 heavy (non-hydrogen) atoms. The van der Waals surface area contributed by atoms with Gasteiger partial charge in [-0.25, -0.2) is 9.97 Å². The molecule has 0 saturated carbocycles. The number of methoxy groups -OCH3 is 2. The van der Waals surface area contributed by atoms with Gasteiger partial charge in [0.25, 0.3) is 0 Å². The Morgan fingerprint density at radius 1 is 1.13 bits per heavy atom. The smallest absolute Gasteiger partial charge is 0.141 e. The van der Waals surface area contributed by atoms with Crippen molar-refractivity contribution in [2.24, 2.45) is 5.92 Å². The summed E-state index contributed by atoms with van der Waals surface area (Å²) in [6, 6.07) is 0. The summed E-state index contributed by atoms with van der Waals surface area (Å²) in [5.74, 6) is 2.43. The van der Waals surface area contributed by atoms with E-state index < -0.39 is 0 Å². The fraction of sp³-hybridized carbons (Fsp3) is 0.647. The van der Waals surface area contributed by atoms with Crippen LogP contribution in [0.15, 0.2) is 5.38 Å². The van der Waals surface area contributed by atoms with E-state index in [0.29, 0.717) is 19.1 Å². The minimum Gasteiger partial charge on any atom is -0.383 e. The van der Waals surface area contributed by atoms with Gasteiger partial charge in [-0.15, -0.1) is 11.3 Å². The van der Waals surface area contributed by atoms with Crippen molar-refractivity contribution in [3.05, 3.63) is 16.8 Å². The lowest BCUT2D eigenvalue weighted by atomic mass is 10.0. The van der Waals surface area contributed by atoms with Gasteiger partial charge in [-0.05, 0) is 30.2 Å². The molecular formula is C17H27N3O2S. The molecule has 5 nitrogen and oxygen atoms in total. The SMILES string of the molecule is COCCN(CCOC)c1nc(C)nc2scc(CC(C)C)c12. The predicted molar refractivity (Wildman–Crippen MR) is 96.7 cm³/mol. The largest absolute Gasteiger partial charge is 0.383 e. The summed E-state index contributed by atoms with van der Waals surface area (Å²) in [5.41, 5.74) is 1.34. The molecule has 128 valence electrons. The van der Waals surface area contributed by atoms with Crippen molar-refractivity contribution < 1.29 is 9.47 Å². The molecule has 0 atom stereocenters. The van der Waals surface area contributed by atoms with Crippen LogP contribution >= 0.6 is 11.3 Å². The van der Waals surface area contributed by atoms with E-state index in [1.165, 1.54) is 10.9 Å². The molecule has 2 rings (SSSR count). The molecule has 2 aromatic rings. The number of rotatable bonds is 9. The first-order valence-electron chi connectivity index (χ1n) is 8.04. The third-order valence-corrected chi connectivity index (χ3v) is 4.58. The number of fused-ring (bicyclic) bond motifs is 1. The Kier molecular flexibility index (Phi) is 6.74. The standard InChI is InChI=1S/C17H27N3O2S/c1-12(2)10-14-11-23-17-15(14)16(18-13(3)19-17)20(6-8-21-4)7-9-22-5/h11-12H,6-10H2,1-5H3. The second-order valence-corrected chi connectivity index (χ2v) is 6.96. The van der Waals surface area contributed by atoms with Gasteiger partial charge in [0.05, 0.1) is 18.6 Å². The van der Waals surface area contributed by atoms with E-state index in [0.717, 1.165) is 36.0 Å². The summed E-state index contributed by atoms with van der Waals surface area (Å²) in [6.45, 7) is 9.36. The molecule has 0 amide bonds. The third-order valence-electron chi connectivity index (χ3n) is 3.66. The fourth-order valence-corrected chi connectivity index (χ4v) is 3.62. The molecule has 0 aliphatic carbocycles. The van der Waals surface area contributed by atoms with E-state index in [1.54, 1.807) is 25.6 Å². The first kappa shape index (κ1) is 18.1. The van der Waals surface area contributed by atoms with Crippen LogP contribution in [-0.4, -0.2) is 50.5 Å². The maximum absolute atomic E-state index is 5.27. The molecule has 0 N–H and O–H groups in total. The van der Waals surface area contributed by atoms with Crippen LogP contribution in [0.1, 0.15) is 25.2 Å². The Morgan fingerprint density at radius 3 is 2.35 bits per heavy atom. The van der Waals surface area contributed by atoms with Crippen LogP contribution < -0.4 is 4.90 Å². The summed E-state index contributed by atoms with van der Waals surface area (Å²) >= 11 is 1.71. The third kappa shape index (κ3) is 4.62. The highest BCUT2D eigenvalue weighted by Gasteiger charge is 2.18. The van der Waals surface area contributed by atoms with Crippen LogP contribution in [0, 0.1) is 12.8 Å². The Bertz CT molecular complexity index is 620. The van der Waals surface area contributed by atoms with Gasteiger partial charge in [-0.2, -0.15) is 0 Å². The molecule has 2 aromatic heterocycles. The van der Waals surface area contributed by atoms with Crippen LogP contribution in [0.2, 0.25) is 0 Å². The molecule has 0 aliphatic rings. The number of aromatic nitrogens is 2. The van der Waals surface area contributed by atoms with Crippen molar-refractivity contribution in [3.8, 4) is 0 Å². The zero-order valence-corrected chi connectivity index (χ0v) is 15.6. The van der Waals surface area contributed by atoms with Crippen LogP contribution in [0.5, 0.6) is 0 Å². The fourth-order valence-electron chi connectivity index (χ4n) is 2.63. The molecule has 0 radical (unpaired) electrons. The van der Waals surface area contributed by atoms with E-state index in [-0.39, 0.29) is 0 Å². The Balaban J connectivity index is 2.47. The van der Waals surface area contributed by atoms with Crippen molar-refractivity contribution >= 4 is 27.4 Å². The second kappa shape index (κ2) is 8.57. The molecule has 6 heteroatoms. The van der Waals surface area contributed by atoms with Gasteiger partial charge in [0.15, 0.2) is 0 Å². The maximum Gasteiger partial charge on any atom is 0.141 e. The van der Waals surface area contributed by atoms with E-state index >= 15 is 0 Å². The van der Waals surface area contributed by atoms with Crippen molar-refractivity contribution in [3.63, 3.8) is 0 Å². The molecule has 2 heterocycles. The predicted octanol–water partition coefficient (Wildman–Crippen LogP) is 3.30. The molecule has 0 spiro atoms. The number of nitrogens with zero attached hydrogens (tertiary/aromatic N) is 3. The molecule has 0 aliphatic heterocycles. The summed E-state index contributed by atoms with van der Waals surface area (Å²) in [6.07, 6.45) is 1.04. The normalized spacial score (nSPS) is 11.6. The summed E-state index contributed by atoms with van der Waals surface area (Å²) < 4.78 is 10.5. The molecule has 0 fully saturated rings. The number of hydrogen-bond donors (Lipinski definition) is 0. The lowest BCUT2D eigenvalue weighted by molar-refractivity contribution is 0.190. The Labute approximate surface area is 142 Å². The average Bonchev–Trinajstić information content (AvgIpc) is 2.89. The molecular weight excluding hydrogens is 310 g/mol. The summed E-state index contributed by atoms with van der Waals surface area (Å²) in [7, 11) is 3.45. The number of thiophene rings is 1. The lowest BCUT2D eigenvalue weighted by Gasteiger charge is -2.24. The topological polar surface area (TPSA) is 47.5 Å². The molecule has 0 saturated heterocycles. The van der Waals surface area contributed by atoms with Crippen LogP contribution in [-0.2, 0) is 15.9 Å². The second-order valence-electron chi connectivity index (χ2n) is 6.11. The first-order valence-corrected chi connectivity index (χ1v) is 8.92. The highest BCUT2D eigenvalue weighted by atomic mass is 32.1. The monoisotopic (exact) mass is 337 g/mol. The quantitative estimate of drug-likeness (QED) is 0.702. The highest BCUT2D eigenvalue weighted by Crippen LogP contribution is 2.33.